The number of benzene rings is 2. The topological polar surface area (TPSA) is 201 Å². The minimum absolute atomic E-state index is 0.00502. The zero-order valence-corrected chi connectivity index (χ0v) is 34.8. The third-order valence-electron chi connectivity index (χ3n) is 12.0. The van der Waals surface area contributed by atoms with Gasteiger partial charge >= 0.3 is 6.09 Å². The molecule has 4 fully saturated rings. The van der Waals surface area contributed by atoms with Gasteiger partial charge in [0.2, 0.25) is 21.8 Å². The Morgan fingerprint density at radius 3 is 2.42 bits per heavy atom. The van der Waals surface area contributed by atoms with Crippen LogP contribution in [0.2, 0.25) is 0 Å². The molecular weight excluding hydrogens is 795 g/mol. The molecule has 5 atom stereocenters. The molecule has 3 N–H and O–H groups in total. The summed E-state index contributed by atoms with van der Waals surface area (Å²) in [5.74, 6) is -0.779. The van der Waals surface area contributed by atoms with Gasteiger partial charge in [-0.1, -0.05) is 19.9 Å². The summed E-state index contributed by atoms with van der Waals surface area (Å²) in [6.45, 7) is 8.17. The standard InChI is InChI=1S/C43H51N5O11S/c1-5-26-22-43(26,41(51)47-60(53,54)30-12-13-30)46-39(49)34-20-29(23-48(34)40(50)38(24(2)3)45-42(52)59-27-8-6-7-9-27)58-36-21-32(44-33-19-28(55-4)11-14-31(33)36)25-10-15-35-37(18-25)57-17-16-56-35/h5,10-11,14-15,18-19,21,24,26-27,29-30,34,38H,1,6-9,12-13,16-17,20,22-23H2,2-4H3,(H,45,52)(H,46,49)(H,47,51)/t26?,29-,34+,38+,43?/m1/s1. The van der Waals surface area contributed by atoms with Crippen molar-refractivity contribution >= 4 is 44.7 Å². The molecule has 3 heterocycles. The van der Waals surface area contributed by atoms with Crippen molar-refractivity contribution in [3.8, 4) is 34.3 Å². The van der Waals surface area contributed by atoms with Gasteiger partial charge in [0, 0.05) is 35.4 Å². The Morgan fingerprint density at radius 2 is 1.73 bits per heavy atom. The van der Waals surface area contributed by atoms with E-state index in [2.05, 4.69) is 21.9 Å². The highest BCUT2D eigenvalue weighted by molar-refractivity contribution is 7.91. The molecule has 1 aromatic heterocycles. The second-order valence-corrected chi connectivity index (χ2v) is 18.6. The number of methoxy groups -OCH3 is 1. The Labute approximate surface area is 348 Å². The molecule has 3 saturated carbocycles. The summed E-state index contributed by atoms with van der Waals surface area (Å²) in [7, 11) is -2.36. The maximum Gasteiger partial charge on any atom is 0.408 e. The number of hydrogen-bond donors (Lipinski definition) is 3. The quantitative estimate of drug-likeness (QED) is 0.194. The van der Waals surface area contributed by atoms with E-state index in [9.17, 15) is 27.6 Å². The number of hydrogen-bond acceptors (Lipinski definition) is 12. The van der Waals surface area contributed by atoms with Crippen molar-refractivity contribution < 1.29 is 51.3 Å². The van der Waals surface area contributed by atoms with Crippen LogP contribution in [0.5, 0.6) is 23.0 Å². The van der Waals surface area contributed by atoms with E-state index in [1.807, 2.05) is 24.3 Å². The van der Waals surface area contributed by atoms with Crippen molar-refractivity contribution in [3.63, 3.8) is 0 Å². The number of nitrogens with one attached hydrogen (secondary N) is 3. The van der Waals surface area contributed by atoms with Gasteiger partial charge in [-0.25, -0.2) is 18.2 Å². The van der Waals surface area contributed by atoms with Crippen LogP contribution in [0, 0.1) is 11.8 Å². The molecular formula is C43H51N5O11S. The fraction of sp³-hybridized carbons (Fsp3) is 0.512. The zero-order valence-electron chi connectivity index (χ0n) is 33.9. The third-order valence-corrected chi connectivity index (χ3v) is 13.8. The number of alkyl carbamates (subject to hydrolysis) is 1. The lowest BCUT2D eigenvalue weighted by molar-refractivity contribution is -0.141. The van der Waals surface area contributed by atoms with Crippen LogP contribution in [-0.4, -0.2) is 104 Å². The minimum Gasteiger partial charge on any atom is -0.497 e. The maximum absolute atomic E-state index is 14.6. The fourth-order valence-electron chi connectivity index (χ4n) is 8.34. The largest absolute Gasteiger partial charge is 0.497 e. The molecule has 0 spiro atoms. The van der Waals surface area contributed by atoms with Crippen LogP contribution in [-0.2, 0) is 29.1 Å². The number of amides is 4. The third kappa shape index (κ3) is 8.40. The molecule has 2 unspecified atom stereocenters. The number of fused-ring (bicyclic) bond motifs is 2. The van der Waals surface area contributed by atoms with Crippen LogP contribution in [0.15, 0.2) is 55.1 Å². The van der Waals surface area contributed by atoms with Crippen LogP contribution in [0.25, 0.3) is 22.2 Å². The summed E-state index contributed by atoms with van der Waals surface area (Å²) in [5, 5.41) is 5.57. The summed E-state index contributed by atoms with van der Waals surface area (Å²) < 4.78 is 57.3. The summed E-state index contributed by atoms with van der Waals surface area (Å²) in [4.78, 5) is 62.1. The molecule has 3 aromatic rings. The second kappa shape index (κ2) is 16.5. The van der Waals surface area contributed by atoms with Crippen LogP contribution in [0.3, 0.4) is 0 Å². The number of rotatable bonds is 14. The molecule has 1 saturated heterocycles. The lowest BCUT2D eigenvalue weighted by Gasteiger charge is -2.31. The van der Waals surface area contributed by atoms with E-state index in [0.29, 0.717) is 65.7 Å². The SMILES string of the molecule is C=CC1CC1(NC(=O)[C@@H]1C[C@@H](Oc2cc(-c3ccc4c(c3)OCCO4)nc3cc(OC)ccc23)CN1C(=O)[C@@H](NC(=O)OC1CCCC1)C(C)C)C(=O)NS(=O)(=O)C1CC1. The first-order valence-corrected chi connectivity index (χ1v) is 22.2. The van der Waals surface area contributed by atoms with Gasteiger partial charge in [0.25, 0.3) is 5.91 Å². The van der Waals surface area contributed by atoms with Crippen molar-refractivity contribution in [3.05, 3.63) is 55.1 Å². The molecule has 17 heteroatoms. The highest BCUT2D eigenvalue weighted by Crippen LogP contribution is 2.46. The first-order chi connectivity index (χ1) is 28.8. The van der Waals surface area contributed by atoms with Crippen LogP contribution < -0.4 is 34.3 Å². The van der Waals surface area contributed by atoms with Crippen LogP contribution in [0.4, 0.5) is 4.79 Å². The van der Waals surface area contributed by atoms with Crippen molar-refractivity contribution in [2.75, 3.05) is 26.9 Å². The smallest absolute Gasteiger partial charge is 0.408 e. The molecule has 60 heavy (non-hydrogen) atoms. The van der Waals surface area contributed by atoms with E-state index in [4.69, 9.17) is 28.7 Å². The first-order valence-electron chi connectivity index (χ1n) is 20.6. The molecule has 2 aromatic carbocycles. The van der Waals surface area contributed by atoms with Gasteiger partial charge in [-0.2, -0.15) is 0 Å². The Morgan fingerprint density at radius 1 is 0.983 bits per heavy atom. The average Bonchev–Trinajstić information content (AvgIpc) is 4.12. The molecule has 2 aliphatic heterocycles. The highest BCUT2D eigenvalue weighted by atomic mass is 32.2. The van der Waals surface area contributed by atoms with Crippen LogP contribution in [0.1, 0.15) is 65.2 Å². The number of sulfonamides is 1. The van der Waals surface area contributed by atoms with Gasteiger partial charge in [0.15, 0.2) is 11.5 Å². The predicted octanol–water partition coefficient (Wildman–Crippen LogP) is 4.39. The van der Waals surface area contributed by atoms with Gasteiger partial charge in [0.05, 0.1) is 30.1 Å². The summed E-state index contributed by atoms with van der Waals surface area (Å²) in [6.07, 6.45) is 4.24. The van der Waals surface area contributed by atoms with Gasteiger partial charge in [-0.05, 0) is 81.2 Å². The molecule has 320 valence electrons. The van der Waals surface area contributed by atoms with Crippen molar-refractivity contribution in [2.45, 2.75) is 100 Å². The molecule has 16 nitrogen and oxygen atoms in total. The van der Waals surface area contributed by atoms with E-state index in [1.165, 1.54) is 11.0 Å². The van der Waals surface area contributed by atoms with Crippen LogP contribution >= 0.6 is 0 Å². The molecule has 3 aliphatic carbocycles. The monoisotopic (exact) mass is 845 g/mol. The molecule has 0 bridgehead atoms. The number of ether oxygens (including phenoxy) is 5. The summed E-state index contributed by atoms with van der Waals surface area (Å²) in [6, 6.07) is 10.5. The number of aromatic nitrogens is 1. The summed E-state index contributed by atoms with van der Waals surface area (Å²) >= 11 is 0. The second-order valence-electron chi connectivity index (χ2n) is 16.6. The average molecular weight is 846 g/mol. The Bertz CT molecular complexity index is 2310. The minimum atomic E-state index is -3.92. The van der Waals surface area contributed by atoms with Crippen molar-refractivity contribution in [1.29, 1.82) is 0 Å². The van der Waals surface area contributed by atoms with Gasteiger partial charge in [0.1, 0.15) is 54.5 Å². The Balaban J connectivity index is 1.10. The predicted molar refractivity (Wildman–Crippen MR) is 219 cm³/mol. The van der Waals surface area contributed by atoms with E-state index in [0.717, 1.165) is 31.2 Å². The molecule has 8 rings (SSSR count). The van der Waals surface area contributed by atoms with E-state index < -0.39 is 74.7 Å². The molecule has 5 aliphatic rings. The lowest BCUT2D eigenvalue weighted by atomic mass is 10.0. The maximum atomic E-state index is 14.6. The summed E-state index contributed by atoms with van der Waals surface area (Å²) in [5.41, 5.74) is 0.290. The number of likely N-dealkylation sites (tertiary alicyclic amines) is 1. The van der Waals surface area contributed by atoms with E-state index in [1.54, 1.807) is 39.2 Å². The lowest BCUT2D eigenvalue weighted by Crippen LogP contribution is -2.59. The van der Waals surface area contributed by atoms with E-state index >= 15 is 0 Å². The number of carbonyl (C=O) groups excluding carboxylic acids is 4. The van der Waals surface area contributed by atoms with Gasteiger partial charge in [-0.15, -0.1) is 6.58 Å². The van der Waals surface area contributed by atoms with Crippen molar-refractivity contribution in [1.82, 2.24) is 25.2 Å². The first kappa shape index (κ1) is 41.2. The van der Waals surface area contributed by atoms with Gasteiger partial charge in [-0.3, -0.25) is 19.1 Å². The number of carbonyl (C=O) groups is 4. The van der Waals surface area contributed by atoms with E-state index in [-0.39, 0.29) is 25.5 Å². The Kier molecular flexibility index (Phi) is 11.3. The molecule has 4 amide bonds. The Hall–Kier alpha value is -5.58. The fourth-order valence-corrected chi connectivity index (χ4v) is 9.70. The highest BCUT2D eigenvalue weighted by Gasteiger charge is 2.62. The normalized spacial score (nSPS) is 24.1. The van der Waals surface area contributed by atoms with Crippen molar-refractivity contribution in [2.24, 2.45) is 11.8 Å². The molecule has 0 radical (unpaired) electrons. The number of nitrogens with zero attached hydrogens (tertiary/aromatic N) is 2. The van der Waals surface area contributed by atoms with Gasteiger partial charge < -0.3 is 39.2 Å². The number of pyridine rings is 1. The zero-order chi connectivity index (χ0) is 42.3.